The van der Waals surface area contributed by atoms with Crippen molar-refractivity contribution in [3.8, 4) is 0 Å². The van der Waals surface area contributed by atoms with Crippen LogP contribution in [0.3, 0.4) is 0 Å². The van der Waals surface area contributed by atoms with Crippen LogP contribution in [0.1, 0.15) is 55.2 Å². The molecule has 268 valence electrons. The molecule has 0 saturated heterocycles. The molecule has 2 atom stereocenters. The molecule has 0 aliphatic heterocycles. The Morgan fingerprint density at radius 3 is 1.34 bits per heavy atom. The fourth-order valence-electron chi connectivity index (χ4n) is 4.72. The van der Waals surface area contributed by atoms with Gasteiger partial charge in [0.05, 0.1) is 7.11 Å². The molecule has 0 spiro atoms. The Kier molecular flexibility index (Phi) is 17.8. The Morgan fingerprint density at radius 1 is 0.520 bits per heavy atom. The summed E-state index contributed by atoms with van der Waals surface area (Å²) < 4.78 is 20.6. The molecule has 0 unspecified atom stereocenters. The second-order valence-electron chi connectivity index (χ2n) is 11.3. The lowest BCUT2D eigenvalue weighted by Crippen LogP contribution is -2.52. The lowest BCUT2D eigenvalue weighted by molar-refractivity contribution is -0.145. The highest BCUT2D eigenvalue weighted by Crippen LogP contribution is 2.09. The number of amides is 4. The van der Waals surface area contributed by atoms with Crippen LogP contribution in [0.5, 0.6) is 0 Å². The first-order chi connectivity index (χ1) is 24.3. The number of unbranched alkanes of at least 4 members (excludes halogenated alkanes) is 2. The van der Waals surface area contributed by atoms with E-state index in [2.05, 4.69) is 21.3 Å². The Morgan fingerprint density at radius 2 is 0.920 bits per heavy atom. The number of rotatable bonds is 20. The lowest BCUT2D eigenvalue weighted by Gasteiger charge is -2.22. The molecule has 4 amide bonds. The van der Waals surface area contributed by atoms with Gasteiger partial charge in [0, 0.05) is 13.1 Å². The Balaban J connectivity index is 1.46. The van der Waals surface area contributed by atoms with Gasteiger partial charge in [-0.1, -0.05) is 91.0 Å². The van der Waals surface area contributed by atoms with Crippen molar-refractivity contribution in [1.82, 2.24) is 21.3 Å². The summed E-state index contributed by atoms with van der Waals surface area (Å²) >= 11 is 0. The first kappa shape index (κ1) is 38.9. The third-order valence-corrected chi connectivity index (χ3v) is 7.43. The number of nitrogens with one attached hydrogen (secondary N) is 4. The Bertz CT molecular complexity index is 1460. The van der Waals surface area contributed by atoms with Gasteiger partial charge in [-0.15, -0.1) is 0 Å². The lowest BCUT2D eigenvalue weighted by atomic mass is 10.1. The molecule has 0 aromatic heterocycles. The van der Waals surface area contributed by atoms with Gasteiger partial charge in [-0.3, -0.25) is 4.79 Å². The first-order valence-corrected chi connectivity index (χ1v) is 16.6. The van der Waals surface area contributed by atoms with Crippen molar-refractivity contribution in [2.45, 2.75) is 70.4 Å². The van der Waals surface area contributed by atoms with Crippen molar-refractivity contribution >= 4 is 30.2 Å². The zero-order valence-corrected chi connectivity index (χ0v) is 28.3. The first-order valence-electron chi connectivity index (χ1n) is 16.6. The van der Waals surface area contributed by atoms with Crippen molar-refractivity contribution in [1.29, 1.82) is 0 Å². The molecule has 3 rings (SSSR count). The smallest absolute Gasteiger partial charge is 0.408 e. The normalized spacial score (nSPS) is 11.6. The highest BCUT2D eigenvalue weighted by molar-refractivity contribution is 5.89. The van der Waals surface area contributed by atoms with E-state index in [1.165, 1.54) is 7.11 Å². The van der Waals surface area contributed by atoms with E-state index in [-0.39, 0.29) is 32.7 Å². The summed E-state index contributed by atoms with van der Waals surface area (Å²) in [6.07, 6.45) is 0.452. The van der Waals surface area contributed by atoms with Gasteiger partial charge < -0.3 is 40.2 Å². The van der Waals surface area contributed by atoms with E-state index in [4.69, 9.17) is 18.9 Å². The van der Waals surface area contributed by atoms with Crippen molar-refractivity contribution in [2.24, 2.45) is 0 Å². The zero-order valence-electron chi connectivity index (χ0n) is 28.3. The zero-order chi connectivity index (χ0) is 35.8. The quantitative estimate of drug-likeness (QED) is 0.0713. The molecule has 0 aliphatic rings. The predicted molar refractivity (Wildman–Crippen MR) is 184 cm³/mol. The number of ether oxygens (including phenoxy) is 4. The maximum atomic E-state index is 13.4. The molecule has 3 aromatic carbocycles. The fraction of sp³-hybridized carbons (Fsp3) is 0.378. The van der Waals surface area contributed by atoms with Crippen LogP contribution < -0.4 is 21.3 Å². The van der Waals surface area contributed by atoms with Gasteiger partial charge in [0.15, 0.2) is 0 Å². The number of hydrogen-bond acceptors (Lipinski definition) is 9. The number of carbonyl (C=O) groups is 5. The molecule has 0 radical (unpaired) electrons. The number of carbonyl (C=O) groups excluding carboxylic acids is 5. The number of benzene rings is 3. The van der Waals surface area contributed by atoms with Crippen LogP contribution in [0.15, 0.2) is 91.0 Å². The van der Waals surface area contributed by atoms with E-state index in [1.807, 2.05) is 78.9 Å². The summed E-state index contributed by atoms with van der Waals surface area (Å²) in [6.45, 7) is 0.896. The highest BCUT2D eigenvalue weighted by Gasteiger charge is 2.27. The van der Waals surface area contributed by atoms with Gasteiger partial charge in [0.2, 0.25) is 5.91 Å². The van der Waals surface area contributed by atoms with Crippen LogP contribution in [-0.4, -0.2) is 62.4 Å². The molecule has 13 heteroatoms. The molecule has 50 heavy (non-hydrogen) atoms. The van der Waals surface area contributed by atoms with Gasteiger partial charge >= 0.3 is 24.2 Å². The fourth-order valence-corrected chi connectivity index (χ4v) is 4.72. The van der Waals surface area contributed by atoms with E-state index in [1.54, 1.807) is 12.1 Å². The third kappa shape index (κ3) is 16.0. The van der Waals surface area contributed by atoms with Gasteiger partial charge in [-0.05, 0) is 55.2 Å². The van der Waals surface area contributed by atoms with Gasteiger partial charge in [0.25, 0.3) is 0 Å². The minimum atomic E-state index is -1.03. The maximum Gasteiger partial charge on any atom is 0.408 e. The van der Waals surface area contributed by atoms with Crippen molar-refractivity contribution in [3.63, 3.8) is 0 Å². The number of alkyl carbamates (subject to hydrolysis) is 3. The second-order valence-corrected chi connectivity index (χ2v) is 11.3. The molecule has 0 fully saturated rings. The predicted octanol–water partition coefficient (Wildman–Crippen LogP) is 5.13. The van der Waals surface area contributed by atoms with Gasteiger partial charge in [-0.25, -0.2) is 19.2 Å². The van der Waals surface area contributed by atoms with Crippen LogP contribution >= 0.6 is 0 Å². The standard InChI is InChI=1S/C37H46N4O9/c1-47-34(43)32(22-12-14-24-39-36(45)49-26-29-17-7-3-8-18-29)40-33(42)31(41-37(46)50-27-30-19-9-4-10-20-30)21-11-13-23-38-35(44)48-25-28-15-5-2-6-16-28/h2-10,15-20,31-32H,11-14,21-27H2,1H3,(H,38,44)(H,39,45)(H,40,42)(H,41,46)/t31-,32-/m0/s1. The van der Waals surface area contributed by atoms with E-state index in [9.17, 15) is 24.0 Å². The van der Waals surface area contributed by atoms with Crippen LogP contribution in [-0.2, 0) is 48.4 Å². The monoisotopic (exact) mass is 690 g/mol. The summed E-state index contributed by atoms with van der Waals surface area (Å²) in [6, 6.07) is 25.7. The SMILES string of the molecule is COC(=O)[C@H](CCCCNC(=O)OCc1ccccc1)NC(=O)[C@H](CCCCNC(=O)OCc1ccccc1)NC(=O)OCc1ccccc1. The van der Waals surface area contributed by atoms with E-state index >= 15 is 0 Å². The van der Waals surface area contributed by atoms with Crippen LogP contribution in [0, 0.1) is 0 Å². The van der Waals surface area contributed by atoms with Crippen LogP contribution in [0.2, 0.25) is 0 Å². The molecule has 0 saturated carbocycles. The highest BCUT2D eigenvalue weighted by atomic mass is 16.6. The largest absolute Gasteiger partial charge is 0.467 e. The Hall–Kier alpha value is -5.59. The minimum absolute atomic E-state index is 0.00858. The third-order valence-electron chi connectivity index (χ3n) is 7.43. The van der Waals surface area contributed by atoms with Crippen LogP contribution in [0.25, 0.3) is 0 Å². The number of methoxy groups -OCH3 is 1. The Labute approximate surface area is 292 Å². The van der Waals surface area contributed by atoms with E-state index < -0.39 is 42.2 Å². The summed E-state index contributed by atoms with van der Waals surface area (Å²) in [5, 5.41) is 10.6. The molecule has 13 nitrogen and oxygen atoms in total. The van der Waals surface area contributed by atoms with E-state index in [0.29, 0.717) is 38.8 Å². The number of hydrogen-bond donors (Lipinski definition) is 4. The van der Waals surface area contributed by atoms with E-state index in [0.717, 1.165) is 16.7 Å². The topological polar surface area (TPSA) is 170 Å². The van der Waals surface area contributed by atoms with Crippen molar-refractivity contribution < 1.29 is 42.9 Å². The summed E-state index contributed by atoms with van der Waals surface area (Å²) in [7, 11) is 1.22. The average molecular weight is 691 g/mol. The molecular formula is C37H46N4O9. The molecular weight excluding hydrogens is 644 g/mol. The molecule has 0 bridgehead atoms. The summed E-state index contributed by atoms with van der Waals surface area (Å²) in [5.41, 5.74) is 2.51. The van der Waals surface area contributed by atoms with Crippen LogP contribution in [0.4, 0.5) is 14.4 Å². The number of esters is 1. The van der Waals surface area contributed by atoms with Crippen molar-refractivity contribution in [2.75, 3.05) is 20.2 Å². The second kappa shape index (κ2) is 22.9. The molecule has 0 aliphatic carbocycles. The molecule has 3 aromatic rings. The molecule has 4 N–H and O–H groups in total. The maximum absolute atomic E-state index is 13.4. The molecule has 0 heterocycles. The summed E-state index contributed by atoms with van der Waals surface area (Å²) in [4.78, 5) is 62.7. The summed E-state index contributed by atoms with van der Waals surface area (Å²) in [5.74, 6) is -1.23. The van der Waals surface area contributed by atoms with Gasteiger partial charge in [-0.2, -0.15) is 0 Å². The van der Waals surface area contributed by atoms with Gasteiger partial charge in [0.1, 0.15) is 31.9 Å². The average Bonchev–Trinajstić information content (AvgIpc) is 3.15. The van der Waals surface area contributed by atoms with Crippen molar-refractivity contribution in [3.05, 3.63) is 108 Å². The minimum Gasteiger partial charge on any atom is -0.467 e.